The summed E-state index contributed by atoms with van der Waals surface area (Å²) in [5.74, 6) is 0.124. The fourth-order valence-electron chi connectivity index (χ4n) is 4.06. The van der Waals surface area contributed by atoms with Gasteiger partial charge in [0.25, 0.3) is 5.91 Å². The fourth-order valence-corrected chi connectivity index (χ4v) is 5.22. The Labute approximate surface area is 154 Å². The summed E-state index contributed by atoms with van der Waals surface area (Å²) in [5, 5.41) is 3.27. The van der Waals surface area contributed by atoms with Gasteiger partial charge in [0.1, 0.15) is 0 Å². The smallest absolute Gasteiger partial charge is 0.261 e. The van der Waals surface area contributed by atoms with E-state index in [0.717, 1.165) is 37.2 Å². The first kappa shape index (κ1) is 16.8. The first-order valence-corrected chi connectivity index (χ1v) is 10.2. The normalized spacial score (nSPS) is 21.7. The van der Waals surface area contributed by atoms with Gasteiger partial charge in [-0.15, -0.1) is 11.3 Å². The molecule has 132 valence electrons. The third-order valence-corrected chi connectivity index (χ3v) is 6.84. The van der Waals surface area contributed by atoms with Gasteiger partial charge in [-0.1, -0.05) is 30.3 Å². The van der Waals surface area contributed by atoms with E-state index < -0.39 is 0 Å². The molecule has 0 radical (unpaired) electrons. The zero-order chi connectivity index (χ0) is 17.2. The zero-order valence-electron chi connectivity index (χ0n) is 14.8. The summed E-state index contributed by atoms with van der Waals surface area (Å²) in [6.07, 6.45) is 5.86. The topological polar surface area (TPSA) is 32.3 Å². The first-order chi connectivity index (χ1) is 12.2. The molecule has 2 aromatic rings. The van der Waals surface area contributed by atoms with Crippen LogP contribution in [-0.2, 0) is 12.8 Å². The number of amides is 1. The highest BCUT2D eigenvalue weighted by Crippen LogP contribution is 2.30. The number of thiophene rings is 1. The van der Waals surface area contributed by atoms with Crippen molar-refractivity contribution in [3.63, 3.8) is 0 Å². The van der Waals surface area contributed by atoms with Crippen LogP contribution in [0.15, 0.2) is 36.4 Å². The Bertz CT molecular complexity index is 716. The molecule has 2 atom stereocenters. The molecule has 1 aromatic carbocycles. The summed E-state index contributed by atoms with van der Waals surface area (Å²) in [6.45, 7) is 4.24. The molecular weight excluding hydrogens is 328 g/mol. The number of carbonyl (C=O) groups is 1. The van der Waals surface area contributed by atoms with Gasteiger partial charge in [0.15, 0.2) is 0 Å². The van der Waals surface area contributed by atoms with E-state index in [0.29, 0.717) is 6.04 Å². The molecule has 2 aliphatic rings. The number of hydrogen-bond acceptors (Lipinski definition) is 3. The molecule has 1 fully saturated rings. The number of aryl methyl sites for hydroxylation is 2. The van der Waals surface area contributed by atoms with Crippen LogP contribution in [0.3, 0.4) is 0 Å². The highest BCUT2D eigenvalue weighted by Gasteiger charge is 2.28. The van der Waals surface area contributed by atoms with Gasteiger partial charge in [-0.2, -0.15) is 0 Å². The first-order valence-electron chi connectivity index (χ1n) is 9.42. The molecule has 1 N–H and O–H groups in total. The predicted molar refractivity (Wildman–Crippen MR) is 103 cm³/mol. The van der Waals surface area contributed by atoms with Crippen LogP contribution in [0.5, 0.6) is 0 Å². The molecule has 0 bridgehead atoms. The lowest BCUT2D eigenvalue weighted by Crippen LogP contribution is -2.37. The lowest BCUT2D eigenvalue weighted by Gasteiger charge is -2.24. The summed E-state index contributed by atoms with van der Waals surface area (Å²) < 4.78 is 0. The van der Waals surface area contributed by atoms with Crippen molar-refractivity contribution >= 4 is 17.2 Å². The highest BCUT2D eigenvalue weighted by molar-refractivity contribution is 7.14. The third kappa shape index (κ3) is 3.65. The zero-order valence-corrected chi connectivity index (χ0v) is 15.6. The van der Waals surface area contributed by atoms with Gasteiger partial charge in [0.05, 0.1) is 4.88 Å². The Kier molecular flexibility index (Phi) is 4.91. The van der Waals surface area contributed by atoms with Crippen LogP contribution >= 0.6 is 11.3 Å². The summed E-state index contributed by atoms with van der Waals surface area (Å²) >= 11 is 1.71. The summed E-state index contributed by atoms with van der Waals surface area (Å²) in [5.41, 5.74) is 2.76. The quantitative estimate of drug-likeness (QED) is 0.893. The van der Waals surface area contributed by atoms with Crippen molar-refractivity contribution in [2.75, 3.05) is 13.1 Å². The molecule has 4 rings (SSSR count). The molecular formula is C21H26N2OS. The van der Waals surface area contributed by atoms with Crippen LogP contribution in [0.2, 0.25) is 0 Å². The minimum atomic E-state index is 0.124. The van der Waals surface area contributed by atoms with Gasteiger partial charge in [-0.25, -0.2) is 0 Å². The van der Waals surface area contributed by atoms with Crippen molar-refractivity contribution in [1.82, 2.24) is 10.2 Å². The lowest BCUT2D eigenvalue weighted by molar-refractivity contribution is 0.0940. The molecule has 1 aromatic heterocycles. The van der Waals surface area contributed by atoms with E-state index >= 15 is 0 Å². The van der Waals surface area contributed by atoms with E-state index in [4.69, 9.17) is 0 Å². The average Bonchev–Trinajstić information content (AvgIpc) is 3.28. The Morgan fingerprint density at radius 3 is 2.84 bits per heavy atom. The number of rotatable bonds is 4. The molecule has 0 spiro atoms. The number of carbonyl (C=O) groups excluding carboxylic acids is 1. The van der Waals surface area contributed by atoms with Gasteiger partial charge in [-0.05, 0) is 56.2 Å². The lowest BCUT2D eigenvalue weighted by atomic mass is 9.99. The number of likely N-dealkylation sites (tertiary alicyclic amines) is 1. The average molecular weight is 355 g/mol. The fraction of sp³-hybridized carbons (Fsp3) is 0.476. The second-order valence-corrected chi connectivity index (χ2v) is 8.44. The van der Waals surface area contributed by atoms with Gasteiger partial charge in [-0.3, -0.25) is 9.69 Å². The SMILES string of the molecule is CC(c1ccccc1)N1CCC(NC(=O)c2cc3c(s2)CCCC3)C1. The van der Waals surface area contributed by atoms with Crippen LogP contribution in [0.4, 0.5) is 0 Å². The molecule has 1 saturated heterocycles. The maximum Gasteiger partial charge on any atom is 0.261 e. The molecule has 2 heterocycles. The molecule has 4 heteroatoms. The van der Waals surface area contributed by atoms with Gasteiger partial charge < -0.3 is 5.32 Å². The van der Waals surface area contributed by atoms with Crippen LogP contribution in [-0.4, -0.2) is 29.9 Å². The molecule has 1 aliphatic carbocycles. The highest BCUT2D eigenvalue weighted by atomic mass is 32.1. The minimum Gasteiger partial charge on any atom is -0.347 e. The van der Waals surface area contributed by atoms with Crippen molar-refractivity contribution in [3.05, 3.63) is 57.3 Å². The Morgan fingerprint density at radius 1 is 1.24 bits per heavy atom. The molecule has 25 heavy (non-hydrogen) atoms. The number of benzene rings is 1. The molecule has 1 aliphatic heterocycles. The van der Waals surface area contributed by atoms with Crippen molar-refractivity contribution in [1.29, 1.82) is 0 Å². The summed E-state index contributed by atoms with van der Waals surface area (Å²) in [6, 6.07) is 13.4. The number of fused-ring (bicyclic) bond motifs is 1. The van der Waals surface area contributed by atoms with E-state index in [1.54, 1.807) is 11.3 Å². The van der Waals surface area contributed by atoms with Crippen LogP contribution in [0, 0.1) is 0 Å². The van der Waals surface area contributed by atoms with Crippen molar-refractivity contribution in [3.8, 4) is 0 Å². The van der Waals surface area contributed by atoms with E-state index in [9.17, 15) is 4.79 Å². The standard InChI is InChI=1S/C21H26N2OS/c1-15(16-7-3-2-4-8-16)23-12-11-18(14-23)22-21(24)20-13-17-9-5-6-10-19(17)25-20/h2-4,7-8,13,15,18H,5-6,9-12,14H2,1H3,(H,22,24). The van der Waals surface area contributed by atoms with Gasteiger partial charge in [0, 0.05) is 30.1 Å². The van der Waals surface area contributed by atoms with Gasteiger partial charge >= 0.3 is 0 Å². The van der Waals surface area contributed by atoms with Crippen LogP contribution in [0.25, 0.3) is 0 Å². The Morgan fingerprint density at radius 2 is 2.04 bits per heavy atom. The van der Waals surface area contributed by atoms with Crippen molar-refractivity contribution in [2.24, 2.45) is 0 Å². The second-order valence-electron chi connectivity index (χ2n) is 7.31. The number of hydrogen-bond donors (Lipinski definition) is 1. The van der Waals surface area contributed by atoms with Crippen molar-refractivity contribution < 1.29 is 4.79 Å². The van der Waals surface area contributed by atoms with E-state index in [-0.39, 0.29) is 11.9 Å². The summed E-state index contributed by atoms with van der Waals surface area (Å²) in [7, 11) is 0. The predicted octanol–water partition coefficient (Wildman–Crippen LogP) is 4.19. The second kappa shape index (κ2) is 7.30. The van der Waals surface area contributed by atoms with Crippen LogP contribution < -0.4 is 5.32 Å². The molecule has 3 nitrogen and oxygen atoms in total. The minimum absolute atomic E-state index is 0.124. The van der Waals surface area contributed by atoms with Gasteiger partial charge in [0.2, 0.25) is 0 Å². The molecule has 2 unspecified atom stereocenters. The number of nitrogens with one attached hydrogen (secondary N) is 1. The Hall–Kier alpha value is -1.65. The summed E-state index contributed by atoms with van der Waals surface area (Å²) in [4.78, 5) is 17.5. The van der Waals surface area contributed by atoms with E-state index in [2.05, 4.69) is 53.5 Å². The number of nitrogens with zero attached hydrogens (tertiary/aromatic N) is 1. The largest absolute Gasteiger partial charge is 0.347 e. The maximum absolute atomic E-state index is 12.6. The van der Waals surface area contributed by atoms with E-state index in [1.807, 2.05) is 0 Å². The Balaban J connectivity index is 1.36. The van der Waals surface area contributed by atoms with E-state index in [1.165, 1.54) is 28.8 Å². The van der Waals surface area contributed by atoms with Crippen molar-refractivity contribution in [2.45, 2.75) is 51.1 Å². The van der Waals surface area contributed by atoms with Crippen LogP contribution in [0.1, 0.15) is 57.9 Å². The molecule has 1 amide bonds. The molecule has 0 saturated carbocycles. The maximum atomic E-state index is 12.6. The monoisotopic (exact) mass is 354 g/mol. The third-order valence-electron chi connectivity index (χ3n) is 5.60.